The van der Waals surface area contributed by atoms with Gasteiger partial charge in [-0.25, -0.2) is 4.79 Å². The van der Waals surface area contributed by atoms with Crippen LogP contribution in [0.5, 0.6) is 5.75 Å². The number of carboxylic acids is 1. The molecule has 0 aromatic heterocycles. The van der Waals surface area contributed by atoms with Gasteiger partial charge in [0.15, 0.2) is 0 Å². The van der Waals surface area contributed by atoms with Crippen molar-refractivity contribution in [3.05, 3.63) is 29.8 Å². The number of ether oxygens (including phenoxy) is 1. The van der Waals surface area contributed by atoms with Gasteiger partial charge in [-0.05, 0) is 43.0 Å². The van der Waals surface area contributed by atoms with Crippen LogP contribution in [0.1, 0.15) is 69.2 Å². The standard InChI is InChI=1S/C18H28O3/c1-3-4-5-6-8-15(2)9-7-14-21-17-12-10-16(11-13-17)18(19)20/h10-13,15H,3-9,14H2,1-2H3,(H,19,20)/t15-/m0/s1. The highest BCUT2D eigenvalue weighted by atomic mass is 16.5. The van der Waals surface area contributed by atoms with Gasteiger partial charge in [0.25, 0.3) is 0 Å². The first-order chi connectivity index (χ1) is 10.1. The summed E-state index contributed by atoms with van der Waals surface area (Å²) >= 11 is 0. The number of rotatable bonds is 11. The first-order valence-corrected chi connectivity index (χ1v) is 8.09. The maximum absolute atomic E-state index is 10.7. The lowest BCUT2D eigenvalue weighted by molar-refractivity contribution is 0.0697. The molecule has 0 bridgehead atoms. The van der Waals surface area contributed by atoms with Crippen LogP contribution in [-0.2, 0) is 0 Å². The number of hydrogen-bond acceptors (Lipinski definition) is 2. The van der Waals surface area contributed by atoms with E-state index in [9.17, 15) is 4.79 Å². The Kier molecular flexibility index (Phi) is 8.56. The Labute approximate surface area is 128 Å². The minimum atomic E-state index is -0.904. The smallest absolute Gasteiger partial charge is 0.335 e. The normalized spacial score (nSPS) is 12.1. The van der Waals surface area contributed by atoms with Crippen molar-refractivity contribution in [2.45, 2.75) is 58.8 Å². The second kappa shape index (κ2) is 10.3. The number of aromatic carboxylic acids is 1. The third-order valence-electron chi connectivity index (χ3n) is 3.76. The molecule has 0 spiro atoms. The number of unbranched alkanes of at least 4 members (excludes halogenated alkanes) is 3. The van der Waals surface area contributed by atoms with Crippen LogP contribution in [-0.4, -0.2) is 17.7 Å². The summed E-state index contributed by atoms with van der Waals surface area (Å²) in [6.45, 7) is 5.25. The molecule has 1 aromatic carbocycles. The minimum absolute atomic E-state index is 0.294. The summed E-state index contributed by atoms with van der Waals surface area (Å²) in [5, 5.41) is 8.81. The van der Waals surface area contributed by atoms with Crippen molar-refractivity contribution in [2.24, 2.45) is 5.92 Å². The Bertz CT molecular complexity index is 397. The first kappa shape index (κ1) is 17.5. The summed E-state index contributed by atoms with van der Waals surface area (Å²) < 4.78 is 5.64. The lowest BCUT2D eigenvalue weighted by Crippen LogP contribution is -2.02. The fraction of sp³-hybridized carbons (Fsp3) is 0.611. The number of carbonyl (C=O) groups is 1. The summed E-state index contributed by atoms with van der Waals surface area (Å²) in [6.07, 6.45) is 8.90. The summed E-state index contributed by atoms with van der Waals surface area (Å²) in [5.74, 6) is 0.605. The summed E-state index contributed by atoms with van der Waals surface area (Å²) in [5.41, 5.74) is 0.294. The lowest BCUT2D eigenvalue weighted by Gasteiger charge is -2.11. The fourth-order valence-electron chi connectivity index (χ4n) is 2.38. The molecule has 21 heavy (non-hydrogen) atoms. The zero-order valence-electron chi connectivity index (χ0n) is 13.3. The molecule has 0 aliphatic heterocycles. The molecule has 0 aliphatic carbocycles. The summed E-state index contributed by atoms with van der Waals surface area (Å²) in [6, 6.07) is 6.59. The van der Waals surface area contributed by atoms with Crippen molar-refractivity contribution in [1.82, 2.24) is 0 Å². The van der Waals surface area contributed by atoms with Crippen LogP contribution in [0.4, 0.5) is 0 Å². The Balaban J connectivity index is 2.11. The maximum Gasteiger partial charge on any atom is 0.335 e. The van der Waals surface area contributed by atoms with E-state index in [2.05, 4.69) is 13.8 Å². The molecule has 0 saturated heterocycles. The second-order valence-electron chi connectivity index (χ2n) is 5.77. The molecule has 0 fully saturated rings. The SMILES string of the molecule is CCCCCC[C@H](C)CCCOc1ccc(C(=O)O)cc1. The van der Waals surface area contributed by atoms with E-state index >= 15 is 0 Å². The Hall–Kier alpha value is -1.51. The molecule has 0 heterocycles. The van der Waals surface area contributed by atoms with Gasteiger partial charge in [0.05, 0.1) is 12.2 Å². The Morgan fingerprint density at radius 1 is 1.10 bits per heavy atom. The van der Waals surface area contributed by atoms with Gasteiger partial charge in [-0.15, -0.1) is 0 Å². The van der Waals surface area contributed by atoms with E-state index in [-0.39, 0.29) is 0 Å². The predicted molar refractivity (Wildman–Crippen MR) is 86.1 cm³/mol. The predicted octanol–water partition coefficient (Wildman–Crippen LogP) is 5.15. The van der Waals surface area contributed by atoms with E-state index < -0.39 is 5.97 Å². The van der Waals surface area contributed by atoms with E-state index in [4.69, 9.17) is 9.84 Å². The maximum atomic E-state index is 10.7. The average molecular weight is 292 g/mol. The molecule has 1 atom stereocenters. The highest BCUT2D eigenvalue weighted by molar-refractivity contribution is 5.87. The molecule has 1 aromatic rings. The highest BCUT2D eigenvalue weighted by Gasteiger charge is 2.04. The van der Waals surface area contributed by atoms with Crippen LogP contribution in [0.15, 0.2) is 24.3 Å². The fourth-order valence-corrected chi connectivity index (χ4v) is 2.38. The van der Waals surface area contributed by atoms with Crippen molar-refractivity contribution < 1.29 is 14.6 Å². The van der Waals surface area contributed by atoms with E-state index in [0.717, 1.165) is 18.1 Å². The van der Waals surface area contributed by atoms with Gasteiger partial charge in [0.2, 0.25) is 0 Å². The first-order valence-electron chi connectivity index (χ1n) is 8.09. The van der Waals surface area contributed by atoms with Crippen LogP contribution in [0.3, 0.4) is 0 Å². The van der Waals surface area contributed by atoms with E-state index in [1.807, 2.05) is 0 Å². The van der Waals surface area contributed by atoms with Gasteiger partial charge in [0.1, 0.15) is 5.75 Å². The van der Waals surface area contributed by atoms with Gasteiger partial charge >= 0.3 is 5.97 Å². The largest absolute Gasteiger partial charge is 0.494 e. The Morgan fingerprint density at radius 2 is 1.76 bits per heavy atom. The van der Waals surface area contributed by atoms with E-state index in [1.165, 1.54) is 38.5 Å². The van der Waals surface area contributed by atoms with Crippen LogP contribution in [0.25, 0.3) is 0 Å². The lowest BCUT2D eigenvalue weighted by atomic mass is 9.98. The van der Waals surface area contributed by atoms with Crippen molar-refractivity contribution >= 4 is 5.97 Å². The van der Waals surface area contributed by atoms with Crippen LogP contribution >= 0.6 is 0 Å². The molecule has 3 heteroatoms. The van der Waals surface area contributed by atoms with Crippen LogP contribution in [0, 0.1) is 5.92 Å². The highest BCUT2D eigenvalue weighted by Crippen LogP contribution is 2.17. The molecule has 0 unspecified atom stereocenters. The quantitative estimate of drug-likeness (QED) is 0.574. The number of benzene rings is 1. The molecular weight excluding hydrogens is 264 g/mol. The zero-order chi connectivity index (χ0) is 15.5. The van der Waals surface area contributed by atoms with Gasteiger partial charge in [-0.1, -0.05) is 46.0 Å². The van der Waals surface area contributed by atoms with Gasteiger partial charge in [-0.2, -0.15) is 0 Å². The topological polar surface area (TPSA) is 46.5 Å². The monoisotopic (exact) mass is 292 g/mol. The van der Waals surface area contributed by atoms with E-state index in [0.29, 0.717) is 12.2 Å². The van der Waals surface area contributed by atoms with Crippen molar-refractivity contribution in [3.8, 4) is 5.75 Å². The van der Waals surface area contributed by atoms with Gasteiger partial charge < -0.3 is 9.84 Å². The van der Waals surface area contributed by atoms with Gasteiger partial charge in [-0.3, -0.25) is 0 Å². The molecule has 118 valence electrons. The summed E-state index contributed by atoms with van der Waals surface area (Å²) in [4.78, 5) is 10.7. The van der Waals surface area contributed by atoms with Crippen molar-refractivity contribution in [3.63, 3.8) is 0 Å². The molecule has 0 radical (unpaired) electrons. The molecule has 0 saturated carbocycles. The second-order valence-corrected chi connectivity index (χ2v) is 5.77. The molecule has 0 amide bonds. The minimum Gasteiger partial charge on any atom is -0.494 e. The number of carboxylic acid groups (broad SMARTS) is 1. The van der Waals surface area contributed by atoms with Crippen molar-refractivity contribution in [2.75, 3.05) is 6.61 Å². The third kappa shape index (κ3) is 7.74. The molecular formula is C18H28O3. The third-order valence-corrected chi connectivity index (χ3v) is 3.76. The van der Waals surface area contributed by atoms with Crippen LogP contribution in [0.2, 0.25) is 0 Å². The Morgan fingerprint density at radius 3 is 2.38 bits per heavy atom. The number of hydrogen-bond donors (Lipinski definition) is 1. The van der Waals surface area contributed by atoms with Crippen LogP contribution < -0.4 is 4.74 Å². The zero-order valence-corrected chi connectivity index (χ0v) is 13.3. The summed E-state index contributed by atoms with van der Waals surface area (Å²) in [7, 11) is 0. The molecule has 3 nitrogen and oxygen atoms in total. The average Bonchev–Trinajstić information content (AvgIpc) is 2.48. The van der Waals surface area contributed by atoms with Crippen molar-refractivity contribution in [1.29, 1.82) is 0 Å². The molecule has 1 rings (SSSR count). The molecule has 1 N–H and O–H groups in total. The van der Waals surface area contributed by atoms with Gasteiger partial charge in [0, 0.05) is 0 Å². The molecule has 0 aliphatic rings. The van der Waals surface area contributed by atoms with E-state index in [1.54, 1.807) is 24.3 Å².